The number of carbonyl (C=O) groups excluding carboxylic acids is 4. The Bertz CT molecular complexity index is 1440. The van der Waals surface area contributed by atoms with Crippen molar-refractivity contribution in [1.29, 1.82) is 0 Å². The Morgan fingerprint density at radius 2 is 1.04 bits per heavy atom. The topological polar surface area (TPSA) is 93.2 Å². The molecule has 0 unspecified atom stereocenters. The Morgan fingerprint density at radius 1 is 0.644 bits per heavy atom. The summed E-state index contributed by atoms with van der Waals surface area (Å²) in [5.41, 5.74) is -1.19. The number of fused-ring (bicyclic) bond motifs is 2. The van der Waals surface area contributed by atoms with E-state index in [0.717, 1.165) is 25.7 Å². The van der Waals surface area contributed by atoms with Crippen molar-refractivity contribution in [2.24, 2.45) is 5.41 Å². The molecule has 4 heterocycles. The van der Waals surface area contributed by atoms with Gasteiger partial charge in [-0.25, -0.2) is 8.78 Å². The van der Waals surface area contributed by atoms with E-state index in [4.69, 9.17) is 9.47 Å². The average molecular weight is 621 g/mol. The first-order valence-corrected chi connectivity index (χ1v) is 16.1. The summed E-state index contributed by atoms with van der Waals surface area (Å²) in [7, 11) is 0. The molecule has 2 spiro atoms. The van der Waals surface area contributed by atoms with E-state index in [2.05, 4.69) is 0 Å². The lowest BCUT2D eigenvalue weighted by Crippen LogP contribution is -2.53. The average Bonchev–Trinajstić information content (AvgIpc) is 3.46. The lowest BCUT2D eigenvalue weighted by molar-refractivity contribution is -0.141. The number of hydrogen-bond donors (Lipinski definition) is 0. The molecule has 2 aromatic rings. The molecule has 2 saturated heterocycles. The SMILES string of the molecule is O=C1CC2(CCN(C(=O)CC3(CC(=O)N4CCC5(CC4)CC(=O)c4cc(F)ccc4O5)CCCC3)CC2)Oc2ccc(F)cc21. The quantitative estimate of drug-likeness (QED) is 0.438. The Balaban J connectivity index is 0.946. The van der Waals surface area contributed by atoms with Crippen LogP contribution in [0.25, 0.3) is 0 Å². The summed E-state index contributed by atoms with van der Waals surface area (Å²) in [5.74, 6) is -0.330. The zero-order valence-electron chi connectivity index (χ0n) is 25.4. The molecule has 2 amide bonds. The zero-order valence-corrected chi connectivity index (χ0v) is 25.4. The molecular formula is C35H38F2N2O6. The summed E-state index contributed by atoms with van der Waals surface area (Å²) >= 11 is 0. The second-order valence-corrected chi connectivity index (χ2v) is 13.9. The van der Waals surface area contributed by atoms with Crippen molar-refractivity contribution < 1.29 is 37.4 Å². The summed E-state index contributed by atoms with van der Waals surface area (Å²) < 4.78 is 39.8. The van der Waals surface area contributed by atoms with Crippen LogP contribution in [0.4, 0.5) is 8.78 Å². The van der Waals surface area contributed by atoms with E-state index in [9.17, 15) is 28.0 Å². The Morgan fingerprint density at radius 3 is 1.44 bits per heavy atom. The highest BCUT2D eigenvalue weighted by atomic mass is 19.1. The van der Waals surface area contributed by atoms with Crippen LogP contribution < -0.4 is 9.47 Å². The number of carbonyl (C=O) groups is 4. The smallest absolute Gasteiger partial charge is 0.223 e. The molecule has 0 N–H and O–H groups in total. The van der Waals surface area contributed by atoms with E-state index in [-0.39, 0.29) is 52.8 Å². The van der Waals surface area contributed by atoms with Gasteiger partial charge in [-0.1, -0.05) is 12.8 Å². The van der Waals surface area contributed by atoms with Crippen LogP contribution in [0.2, 0.25) is 0 Å². The normalized spacial score (nSPS) is 22.9. The number of nitrogens with zero attached hydrogens (tertiary/aromatic N) is 2. The molecule has 7 rings (SSSR count). The fraction of sp³-hybridized carbons (Fsp3) is 0.543. The molecule has 0 radical (unpaired) electrons. The van der Waals surface area contributed by atoms with E-state index in [0.29, 0.717) is 76.2 Å². The number of Topliss-reactive ketones (excluding diaryl/α,β-unsaturated/α-hetero) is 2. The van der Waals surface area contributed by atoms with Gasteiger partial charge in [0, 0.05) is 64.7 Å². The van der Waals surface area contributed by atoms with Gasteiger partial charge in [0.15, 0.2) is 11.6 Å². The van der Waals surface area contributed by atoms with Crippen LogP contribution in [0.15, 0.2) is 36.4 Å². The van der Waals surface area contributed by atoms with E-state index >= 15 is 0 Å². The first-order chi connectivity index (χ1) is 21.6. The second kappa shape index (κ2) is 11.2. The molecular weight excluding hydrogens is 582 g/mol. The van der Waals surface area contributed by atoms with Gasteiger partial charge in [-0.2, -0.15) is 0 Å². The molecule has 10 heteroatoms. The maximum atomic E-state index is 13.7. The third kappa shape index (κ3) is 5.72. The van der Waals surface area contributed by atoms with Gasteiger partial charge >= 0.3 is 0 Å². The van der Waals surface area contributed by atoms with Gasteiger partial charge in [-0.3, -0.25) is 19.2 Å². The lowest BCUT2D eigenvalue weighted by Gasteiger charge is -2.45. The van der Waals surface area contributed by atoms with Crippen LogP contribution in [0.3, 0.4) is 0 Å². The monoisotopic (exact) mass is 620 g/mol. The first-order valence-electron chi connectivity index (χ1n) is 16.1. The molecule has 3 fully saturated rings. The third-order valence-electron chi connectivity index (χ3n) is 10.9. The molecule has 238 valence electrons. The molecule has 0 bridgehead atoms. The zero-order chi connectivity index (χ0) is 31.4. The standard InChI is InChI=1S/C35H38F2N2O6/c36-23-3-5-29-25(17-23)27(40)19-34(44-29)9-13-38(14-10-34)31(42)21-33(7-1-2-8-33)22-32(43)39-15-11-35(12-16-39)20-28(41)26-18-24(37)4-6-30(26)45-35/h3-6,17-18H,1-2,7-16,19-22H2. The van der Waals surface area contributed by atoms with Gasteiger partial charge in [-0.05, 0) is 54.7 Å². The van der Waals surface area contributed by atoms with Crippen molar-refractivity contribution in [3.8, 4) is 11.5 Å². The van der Waals surface area contributed by atoms with Crippen molar-refractivity contribution >= 4 is 23.4 Å². The van der Waals surface area contributed by atoms with Gasteiger partial charge in [0.1, 0.15) is 34.3 Å². The van der Waals surface area contributed by atoms with Crippen molar-refractivity contribution in [2.45, 2.75) is 88.3 Å². The number of ketones is 2. The van der Waals surface area contributed by atoms with Gasteiger partial charge in [0.2, 0.25) is 11.8 Å². The van der Waals surface area contributed by atoms with E-state index in [1.54, 1.807) is 0 Å². The molecule has 0 atom stereocenters. The third-order valence-corrected chi connectivity index (χ3v) is 10.9. The predicted octanol–water partition coefficient (Wildman–Crippen LogP) is 5.66. The number of amides is 2. The molecule has 2 aromatic carbocycles. The van der Waals surface area contributed by atoms with Crippen molar-refractivity contribution in [3.63, 3.8) is 0 Å². The summed E-state index contributed by atoms with van der Waals surface area (Å²) in [6.45, 7) is 1.87. The summed E-state index contributed by atoms with van der Waals surface area (Å²) in [5, 5.41) is 0. The lowest BCUT2D eigenvalue weighted by atomic mass is 9.77. The largest absolute Gasteiger partial charge is 0.486 e. The van der Waals surface area contributed by atoms with Crippen molar-refractivity contribution in [2.75, 3.05) is 26.2 Å². The molecule has 1 saturated carbocycles. The summed E-state index contributed by atoms with van der Waals surface area (Å²) in [6, 6.07) is 8.05. The first kappa shape index (κ1) is 29.9. The van der Waals surface area contributed by atoms with Crippen LogP contribution >= 0.6 is 0 Å². The maximum absolute atomic E-state index is 13.7. The minimum Gasteiger partial charge on any atom is -0.486 e. The van der Waals surface area contributed by atoms with E-state index in [1.807, 2.05) is 9.80 Å². The molecule has 8 nitrogen and oxygen atoms in total. The Labute approximate surface area is 261 Å². The number of ether oxygens (including phenoxy) is 2. The fourth-order valence-electron chi connectivity index (χ4n) is 8.22. The minimum absolute atomic E-state index is 0.0333. The van der Waals surface area contributed by atoms with Crippen molar-refractivity contribution in [3.05, 3.63) is 59.2 Å². The van der Waals surface area contributed by atoms with Gasteiger partial charge < -0.3 is 19.3 Å². The van der Waals surface area contributed by atoms with Crippen molar-refractivity contribution in [1.82, 2.24) is 9.80 Å². The highest BCUT2D eigenvalue weighted by molar-refractivity contribution is 6.01. The van der Waals surface area contributed by atoms with Crippen LogP contribution in [-0.4, -0.2) is 70.6 Å². The van der Waals surface area contributed by atoms with E-state index in [1.165, 1.54) is 36.4 Å². The van der Waals surface area contributed by atoms with Crippen LogP contribution in [0, 0.1) is 17.0 Å². The molecule has 4 aliphatic heterocycles. The van der Waals surface area contributed by atoms with Gasteiger partial charge in [0.25, 0.3) is 0 Å². The predicted molar refractivity (Wildman–Crippen MR) is 159 cm³/mol. The number of hydrogen-bond acceptors (Lipinski definition) is 6. The van der Waals surface area contributed by atoms with Gasteiger partial charge in [-0.15, -0.1) is 0 Å². The maximum Gasteiger partial charge on any atom is 0.223 e. The number of benzene rings is 2. The van der Waals surface area contributed by atoms with Crippen LogP contribution in [0.1, 0.15) is 97.8 Å². The molecule has 0 aromatic heterocycles. The van der Waals surface area contributed by atoms with Gasteiger partial charge in [0.05, 0.1) is 24.0 Å². The molecule has 45 heavy (non-hydrogen) atoms. The van der Waals surface area contributed by atoms with Crippen LogP contribution in [0.5, 0.6) is 11.5 Å². The minimum atomic E-state index is -0.684. The molecule has 5 aliphatic rings. The number of piperidine rings is 2. The highest BCUT2D eigenvalue weighted by Gasteiger charge is 2.47. The molecule has 1 aliphatic carbocycles. The Hall–Kier alpha value is -3.82. The summed E-state index contributed by atoms with van der Waals surface area (Å²) in [6.07, 6.45) is 6.69. The number of likely N-dealkylation sites (tertiary alicyclic amines) is 2. The number of rotatable bonds is 4. The van der Waals surface area contributed by atoms with E-state index < -0.39 is 22.8 Å². The number of halogens is 2. The fourth-order valence-corrected chi connectivity index (χ4v) is 8.22. The Kier molecular flexibility index (Phi) is 7.44. The highest BCUT2D eigenvalue weighted by Crippen LogP contribution is 2.47. The summed E-state index contributed by atoms with van der Waals surface area (Å²) in [4.78, 5) is 56.5. The second-order valence-electron chi connectivity index (χ2n) is 13.9. The van der Waals surface area contributed by atoms with Crippen LogP contribution in [-0.2, 0) is 9.59 Å².